The third kappa shape index (κ3) is 3.28. The maximum atomic E-state index is 12.2. The van der Waals surface area contributed by atoms with Crippen molar-refractivity contribution in [2.75, 3.05) is 6.61 Å². The summed E-state index contributed by atoms with van der Waals surface area (Å²) in [6, 6.07) is 8.72. The standard InChI is InChI=1S/C18H23N3O3/c1-18(11-22)8-4-7-15(18)21-17(24)19-10-12-9-16(23)20-14-6-3-2-5-13(12)14/h2-3,5-6,9,15,22H,4,7-8,10-11H2,1H3,(H,20,23)(H2,19,21,24). The van der Waals surface area contributed by atoms with Gasteiger partial charge in [0.15, 0.2) is 0 Å². The summed E-state index contributed by atoms with van der Waals surface area (Å²) >= 11 is 0. The minimum atomic E-state index is -0.272. The van der Waals surface area contributed by atoms with E-state index in [1.54, 1.807) is 0 Å². The number of aliphatic hydroxyl groups is 1. The molecule has 0 spiro atoms. The van der Waals surface area contributed by atoms with E-state index in [1.165, 1.54) is 6.07 Å². The molecule has 0 aliphatic heterocycles. The highest BCUT2D eigenvalue weighted by atomic mass is 16.3. The van der Waals surface area contributed by atoms with Gasteiger partial charge in [-0.2, -0.15) is 0 Å². The first-order chi connectivity index (χ1) is 11.5. The summed E-state index contributed by atoms with van der Waals surface area (Å²) in [6.45, 7) is 2.34. The number of aliphatic hydroxyl groups excluding tert-OH is 1. The Hall–Kier alpha value is -2.34. The number of fused-ring (bicyclic) bond motifs is 1. The van der Waals surface area contributed by atoms with Crippen LogP contribution in [0.3, 0.4) is 0 Å². The minimum absolute atomic E-state index is 0.0292. The van der Waals surface area contributed by atoms with Crippen LogP contribution in [0, 0.1) is 5.41 Å². The van der Waals surface area contributed by atoms with Crippen LogP contribution >= 0.6 is 0 Å². The van der Waals surface area contributed by atoms with Crippen LogP contribution in [-0.2, 0) is 6.54 Å². The summed E-state index contributed by atoms with van der Waals surface area (Å²) in [5, 5.41) is 16.3. The number of carbonyl (C=O) groups is 1. The molecule has 1 aromatic carbocycles. The van der Waals surface area contributed by atoms with Crippen LogP contribution < -0.4 is 16.2 Å². The number of pyridine rings is 1. The van der Waals surface area contributed by atoms with Crippen LogP contribution in [0.15, 0.2) is 35.1 Å². The van der Waals surface area contributed by atoms with Gasteiger partial charge in [0, 0.05) is 35.0 Å². The van der Waals surface area contributed by atoms with Gasteiger partial charge in [-0.15, -0.1) is 0 Å². The molecule has 2 unspecified atom stereocenters. The van der Waals surface area contributed by atoms with Crippen molar-refractivity contribution in [1.29, 1.82) is 0 Å². The fourth-order valence-electron chi connectivity index (χ4n) is 3.48. The Morgan fingerprint density at radius 3 is 3.00 bits per heavy atom. The number of rotatable bonds is 4. The van der Waals surface area contributed by atoms with Crippen LogP contribution in [0.1, 0.15) is 31.7 Å². The lowest BCUT2D eigenvalue weighted by atomic mass is 9.86. The smallest absolute Gasteiger partial charge is 0.315 e. The summed E-state index contributed by atoms with van der Waals surface area (Å²) in [7, 11) is 0. The maximum Gasteiger partial charge on any atom is 0.315 e. The van der Waals surface area contributed by atoms with Crippen molar-refractivity contribution < 1.29 is 9.90 Å². The SMILES string of the molecule is CC1(CO)CCCC1NC(=O)NCc1cc(=O)[nH]c2ccccc12. The van der Waals surface area contributed by atoms with Crippen LogP contribution in [0.2, 0.25) is 0 Å². The van der Waals surface area contributed by atoms with Gasteiger partial charge in [-0.05, 0) is 24.5 Å². The molecule has 1 heterocycles. The highest BCUT2D eigenvalue weighted by molar-refractivity contribution is 5.82. The third-order valence-electron chi connectivity index (χ3n) is 5.02. The van der Waals surface area contributed by atoms with Crippen molar-refractivity contribution >= 4 is 16.9 Å². The molecule has 1 saturated carbocycles. The monoisotopic (exact) mass is 329 g/mol. The summed E-state index contributed by atoms with van der Waals surface area (Å²) in [5.74, 6) is 0. The Balaban J connectivity index is 1.68. The Bertz CT molecular complexity index is 801. The van der Waals surface area contributed by atoms with Crippen LogP contribution in [-0.4, -0.2) is 28.8 Å². The Kier molecular flexibility index (Phi) is 4.57. The van der Waals surface area contributed by atoms with Gasteiger partial charge in [0.1, 0.15) is 0 Å². The van der Waals surface area contributed by atoms with Gasteiger partial charge in [0.25, 0.3) is 0 Å². The largest absolute Gasteiger partial charge is 0.396 e. The van der Waals surface area contributed by atoms with E-state index in [2.05, 4.69) is 15.6 Å². The van der Waals surface area contributed by atoms with E-state index in [-0.39, 0.29) is 36.2 Å². The number of urea groups is 1. The second-order valence-electron chi connectivity index (χ2n) is 6.79. The number of benzene rings is 1. The molecule has 6 heteroatoms. The molecule has 4 N–H and O–H groups in total. The Morgan fingerprint density at radius 1 is 1.42 bits per heavy atom. The normalized spacial score (nSPS) is 23.3. The molecule has 128 valence electrons. The molecule has 0 saturated heterocycles. The van der Waals surface area contributed by atoms with Gasteiger partial charge in [-0.3, -0.25) is 4.79 Å². The van der Waals surface area contributed by atoms with Crippen LogP contribution in [0.25, 0.3) is 10.9 Å². The van der Waals surface area contributed by atoms with Crippen molar-refractivity contribution in [2.45, 2.75) is 38.8 Å². The van der Waals surface area contributed by atoms with E-state index in [0.717, 1.165) is 35.7 Å². The van der Waals surface area contributed by atoms with E-state index in [1.807, 2.05) is 31.2 Å². The number of para-hydroxylation sites is 1. The van der Waals surface area contributed by atoms with E-state index in [4.69, 9.17) is 0 Å². The first-order valence-electron chi connectivity index (χ1n) is 8.28. The second kappa shape index (κ2) is 6.65. The van der Waals surface area contributed by atoms with Gasteiger partial charge in [0.2, 0.25) is 5.56 Å². The first kappa shape index (κ1) is 16.5. The fourth-order valence-corrected chi connectivity index (χ4v) is 3.48. The van der Waals surface area contributed by atoms with E-state index < -0.39 is 0 Å². The molecule has 3 rings (SSSR count). The predicted molar refractivity (Wildman–Crippen MR) is 92.8 cm³/mol. The van der Waals surface area contributed by atoms with Crippen molar-refractivity contribution in [1.82, 2.24) is 15.6 Å². The molecule has 6 nitrogen and oxygen atoms in total. The minimum Gasteiger partial charge on any atom is -0.396 e. The molecule has 24 heavy (non-hydrogen) atoms. The third-order valence-corrected chi connectivity index (χ3v) is 5.02. The lowest BCUT2D eigenvalue weighted by Crippen LogP contribution is -2.48. The number of amides is 2. The molecule has 0 bridgehead atoms. The molecule has 2 amide bonds. The highest BCUT2D eigenvalue weighted by Gasteiger charge is 2.39. The van der Waals surface area contributed by atoms with Crippen LogP contribution in [0.4, 0.5) is 4.79 Å². The zero-order chi connectivity index (χ0) is 17.2. The predicted octanol–water partition coefficient (Wildman–Crippen LogP) is 1.88. The van der Waals surface area contributed by atoms with Gasteiger partial charge < -0.3 is 20.7 Å². The first-order valence-corrected chi connectivity index (χ1v) is 8.28. The molecule has 2 aromatic rings. The van der Waals surface area contributed by atoms with Gasteiger partial charge in [-0.1, -0.05) is 31.5 Å². The summed E-state index contributed by atoms with van der Waals surface area (Å²) in [5.41, 5.74) is 1.09. The average molecular weight is 329 g/mol. The quantitative estimate of drug-likeness (QED) is 0.690. The lowest BCUT2D eigenvalue weighted by Gasteiger charge is -2.30. The number of hydrogen-bond donors (Lipinski definition) is 4. The maximum absolute atomic E-state index is 12.2. The van der Waals surface area contributed by atoms with Gasteiger partial charge in [0.05, 0.1) is 6.61 Å². The molecular formula is C18H23N3O3. The summed E-state index contributed by atoms with van der Waals surface area (Å²) in [4.78, 5) is 26.7. The molecule has 1 aliphatic rings. The molecule has 1 fully saturated rings. The van der Waals surface area contributed by atoms with Crippen molar-refractivity contribution in [3.8, 4) is 0 Å². The summed E-state index contributed by atoms with van der Waals surface area (Å²) < 4.78 is 0. The fraction of sp³-hybridized carbons (Fsp3) is 0.444. The van der Waals surface area contributed by atoms with Gasteiger partial charge >= 0.3 is 6.03 Å². The number of aromatic amines is 1. The molecule has 0 radical (unpaired) electrons. The summed E-state index contributed by atoms with van der Waals surface area (Å²) in [6.07, 6.45) is 2.78. The average Bonchev–Trinajstić information content (AvgIpc) is 2.94. The topological polar surface area (TPSA) is 94.2 Å². The Morgan fingerprint density at radius 2 is 2.21 bits per heavy atom. The number of H-pyrrole nitrogens is 1. The number of aromatic nitrogens is 1. The van der Waals surface area contributed by atoms with E-state index in [0.29, 0.717) is 0 Å². The lowest BCUT2D eigenvalue weighted by molar-refractivity contribution is 0.121. The van der Waals surface area contributed by atoms with E-state index in [9.17, 15) is 14.7 Å². The van der Waals surface area contributed by atoms with Crippen molar-refractivity contribution in [3.63, 3.8) is 0 Å². The van der Waals surface area contributed by atoms with Crippen molar-refractivity contribution in [2.24, 2.45) is 5.41 Å². The molecule has 1 aliphatic carbocycles. The van der Waals surface area contributed by atoms with E-state index >= 15 is 0 Å². The molecule has 1 aromatic heterocycles. The van der Waals surface area contributed by atoms with Crippen LogP contribution in [0.5, 0.6) is 0 Å². The Labute approximate surface area is 140 Å². The highest BCUT2D eigenvalue weighted by Crippen LogP contribution is 2.37. The van der Waals surface area contributed by atoms with Crippen molar-refractivity contribution in [3.05, 3.63) is 46.2 Å². The molecular weight excluding hydrogens is 306 g/mol. The number of nitrogens with one attached hydrogen (secondary N) is 3. The molecule has 2 atom stereocenters. The number of carbonyl (C=O) groups excluding carboxylic acids is 1. The van der Waals surface area contributed by atoms with Gasteiger partial charge in [-0.25, -0.2) is 4.79 Å². The number of hydrogen-bond acceptors (Lipinski definition) is 3. The zero-order valence-corrected chi connectivity index (χ0v) is 13.8. The second-order valence-corrected chi connectivity index (χ2v) is 6.79. The zero-order valence-electron chi connectivity index (χ0n) is 13.8.